The van der Waals surface area contributed by atoms with Gasteiger partial charge in [0.2, 0.25) is 0 Å². The molecule has 3 aromatic rings. The number of H-pyrrole nitrogens is 1. The number of hydrogen-bond donors (Lipinski definition) is 4. The summed E-state index contributed by atoms with van der Waals surface area (Å²) in [5.41, 5.74) is 9.54. The van der Waals surface area contributed by atoms with Crippen LogP contribution in [0.2, 0.25) is 0 Å². The molecule has 0 radical (unpaired) electrons. The summed E-state index contributed by atoms with van der Waals surface area (Å²) < 4.78 is 0. The lowest BCUT2D eigenvalue weighted by atomic mass is 10.0. The van der Waals surface area contributed by atoms with Gasteiger partial charge in [-0.15, -0.1) is 0 Å². The molecule has 21 heavy (non-hydrogen) atoms. The molecule has 0 saturated carbocycles. The Labute approximate surface area is 120 Å². The summed E-state index contributed by atoms with van der Waals surface area (Å²) in [6.07, 6.45) is 1.71. The molecule has 2 heterocycles. The number of phenols is 2. The average molecular weight is 282 g/mol. The molecule has 1 aromatic carbocycles. The molecule has 0 saturated heterocycles. The number of imidazole rings is 1. The molecule has 0 aliphatic carbocycles. The van der Waals surface area contributed by atoms with Crippen molar-refractivity contribution in [3.05, 3.63) is 42.2 Å². The second-order valence-electron chi connectivity index (χ2n) is 4.74. The van der Waals surface area contributed by atoms with Crippen molar-refractivity contribution in [1.82, 2.24) is 15.0 Å². The summed E-state index contributed by atoms with van der Waals surface area (Å²) in [6, 6.07) is 8.29. The van der Waals surface area contributed by atoms with Gasteiger partial charge in [-0.3, -0.25) is 4.98 Å². The number of hydrogen-bond acceptors (Lipinski definition) is 5. The number of nitrogens with zero attached hydrogens (tertiary/aromatic N) is 2. The minimum atomic E-state index is -0.203. The fourth-order valence-corrected chi connectivity index (χ4v) is 2.18. The minimum absolute atomic E-state index is 0.177. The molecule has 0 aliphatic rings. The first-order valence-electron chi connectivity index (χ1n) is 6.35. The number of rotatable bonds is 2. The van der Waals surface area contributed by atoms with Crippen LogP contribution in [0.1, 0.15) is 5.69 Å². The lowest BCUT2D eigenvalue weighted by Crippen LogP contribution is -1.87. The van der Waals surface area contributed by atoms with E-state index in [0.717, 1.165) is 17.0 Å². The van der Waals surface area contributed by atoms with E-state index < -0.39 is 0 Å². The van der Waals surface area contributed by atoms with Crippen molar-refractivity contribution >= 4 is 5.95 Å². The van der Waals surface area contributed by atoms with E-state index in [-0.39, 0.29) is 17.4 Å². The molecule has 3 rings (SSSR count). The molecule has 6 heteroatoms. The molecule has 0 bridgehead atoms. The molecule has 0 fully saturated rings. The predicted molar refractivity (Wildman–Crippen MR) is 79.7 cm³/mol. The number of aromatic amines is 1. The maximum atomic E-state index is 9.64. The molecule has 6 nitrogen and oxygen atoms in total. The number of nitrogens with two attached hydrogens (primary N) is 1. The Bertz CT molecular complexity index is 811. The van der Waals surface area contributed by atoms with Crippen LogP contribution < -0.4 is 5.73 Å². The van der Waals surface area contributed by atoms with E-state index in [1.807, 2.05) is 19.1 Å². The Hall–Kier alpha value is -3.02. The van der Waals surface area contributed by atoms with Gasteiger partial charge in [0, 0.05) is 23.0 Å². The number of aromatic hydroxyl groups is 2. The quantitative estimate of drug-likeness (QED) is 0.540. The third-order valence-corrected chi connectivity index (χ3v) is 3.16. The topological polar surface area (TPSA) is 108 Å². The molecule has 0 aliphatic heterocycles. The molecular formula is C15H14N4O2. The van der Waals surface area contributed by atoms with Crippen LogP contribution >= 0.6 is 0 Å². The van der Waals surface area contributed by atoms with E-state index in [4.69, 9.17) is 5.73 Å². The number of nitrogens with one attached hydrogen (secondary N) is 1. The van der Waals surface area contributed by atoms with E-state index in [9.17, 15) is 10.2 Å². The Kier molecular flexibility index (Phi) is 2.98. The maximum Gasteiger partial charge on any atom is 0.198 e. The van der Waals surface area contributed by atoms with Crippen molar-refractivity contribution in [3.8, 4) is 34.0 Å². The number of aryl methyl sites for hydroxylation is 1. The molecule has 0 unspecified atom stereocenters. The first-order valence-corrected chi connectivity index (χ1v) is 6.35. The number of anilines is 1. The van der Waals surface area contributed by atoms with Gasteiger partial charge in [-0.25, -0.2) is 4.98 Å². The van der Waals surface area contributed by atoms with Gasteiger partial charge in [0.05, 0.1) is 11.4 Å². The van der Waals surface area contributed by atoms with Crippen LogP contribution in [0, 0.1) is 6.92 Å². The van der Waals surface area contributed by atoms with Crippen molar-refractivity contribution in [2.24, 2.45) is 0 Å². The minimum Gasteiger partial charge on any atom is -0.504 e. The van der Waals surface area contributed by atoms with Crippen LogP contribution in [0.5, 0.6) is 11.5 Å². The number of nitrogen functional groups attached to an aromatic ring is 1. The zero-order valence-corrected chi connectivity index (χ0v) is 11.3. The van der Waals surface area contributed by atoms with Crippen molar-refractivity contribution in [3.63, 3.8) is 0 Å². The van der Waals surface area contributed by atoms with Crippen LogP contribution in [-0.4, -0.2) is 25.2 Å². The Morgan fingerprint density at radius 1 is 1.05 bits per heavy atom. The van der Waals surface area contributed by atoms with Gasteiger partial charge in [0.25, 0.3) is 0 Å². The van der Waals surface area contributed by atoms with Crippen LogP contribution in [0.15, 0.2) is 36.5 Å². The summed E-state index contributed by atoms with van der Waals surface area (Å²) >= 11 is 0. The Balaban J connectivity index is 2.17. The van der Waals surface area contributed by atoms with E-state index in [0.29, 0.717) is 11.3 Å². The molecule has 0 atom stereocenters. The van der Waals surface area contributed by atoms with Gasteiger partial charge < -0.3 is 20.9 Å². The van der Waals surface area contributed by atoms with Gasteiger partial charge in [0.1, 0.15) is 0 Å². The van der Waals surface area contributed by atoms with Crippen LogP contribution in [0.4, 0.5) is 5.95 Å². The van der Waals surface area contributed by atoms with Crippen molar-refractivity contribution < 1.29 is 10.2 Å². The van der Waals surface area contributed by atoms with Gasteiger partial charge in [0.15, 0.2) is 17.4 Å². The van der Waals surface area contributed by atoms with E-state index in [1.165, 1.54) is 12.1 Å². The number of phenolic OH excluding ortho intramolecular Hbond substituents is 2. The number of aromatic nitrogens is 3. The molecular weight excluding hydrogens is 268 g/mol. The highest BCUT2D eigenvalue weighted by Gasteiger charge is 2.14. The third-order valence-electron chi connectivity index (χ3n) is 3.16. The number of pyridine rings is 1. The van der Waals surface area contributed by atoms with E-state index in [1.54, 1.807) is 12.3 Å². The first kappa shape index (κ1) is 13.0. The molecule has 5 N–H and O–H groups in total. The van der Waals surface area contributed by atoms with E-state index >= 15 is 0 Å². The number of benzene rings is 1. The largest absolute Gasteiger partial charge is 0.504 e. The monoisotopic (exact) mass is 282 g/mol. The zero-order valence-electron chi connectivity index (χ0n) is 11.3. The smallest absolute Gasteiger partial charge is 0.198 e. The fourth-order valence-electron chi connectivity index (χ4n) is 2.18. The SMILES string of the molecule is Cc1cc(-c2[nH]c(N)nc2-c2ccc(O)c(O)c2)ccn1. The van der Waals surface area contributed by atoms with Gasteiger partial charge in [-0.1, -0.05) is 0 Å². The Morgan fingerprint density at radius 3 is 2.57 bits per heavy atom. The summed E-state index contributed by atoms with van der Waals surface area (Å²) in [7, 11) is 0. The predicted octanol–water partition coefficient (Wildman–Crippen LogP) is 2.44. The standard InChI is InChI=1S/C15H14N4O2/c1-8-6-10(4-5-17-8)14-13(18-15(16)19-14)9-2-3-11(20)12(21)7-9/h2-7,20-21H,1H3,(H3,16,18,19). The first-order chi connectivity index (χ1) is 10.0. The van der Waals surface area contributed by atoms with Crippen molar-refractivity contribution in [1.29, 1.82) is 0 Å². The third kappa shape index (κ3) is 2.38. The maximum absolute atomic E-state index is 9.64. The normalized spacial score (nSPS) is 10.7. The Morgan fingerprint density at radius 2 is 1.86 bits per heavy atom. The van der Waals surface area contributed by atoms with Gasteiger partial charge in [-0.05, 0) is 37.3 Å². The summed E-state index contributed by atoms with van der Waals surface area (Å²) in [4.78, 5) is 11.4. The van der Waals surface area contributed by atoms with Gasteiger partial charge in [-0.2, -0.15) is 0 Å². The van der Waals surface area contributed by atoms with E-state index in [2.05, 4.69) is 15.0 Å². The van der Waals surface area contributed by atoms with Crippen LogP contribution in [0.3, 0.4) is 0 Å². The van der Waals surface area contributed by atoms with Gasteiger partial charge >= 0.3 is 0 Å². The average Bonchev–Trinajstić information content (AvgIpc) is 2.84. The summed E-state index contributed by atoms with van der Waals surface area (Å²) in [5.74, 6) is -0.100. The van der Waals surface area contributed by atoms with Crippen molar-refractivity contribution in [2.75, 3.05) is 5.73 Å². The highest BCUT2D eigenvalue weighted by Crippen LogP contribution is 2.35. The highest BCUT2D eigenvalue weighted by atomic mass is 16.3. The molecule has 0 amide bonds. The summed E-state index contributed by atoms with van der Waals surface area (Å²) in [6.45, 7) is 1.90. The lowest BCUT2D eigenvalue weighted by molar-refractivity contribution is 0.404. The zero-order chi connectivity index (χ0) is 15.0. The summed E-state index contributed by atoms with van der Waals surface area (Å²) in [5, 5.41) is 19.1. The second-order valence-corrected chi connectivity index (χ2v) is 4.74. The molecule has 2 aromatic heterocycles. The lowest BCUT2D eigenvalue weighted by Gasteiger charge is -2.05. The molecule has 106 valence electrons. The highest BCUT2D eigenvalue weighted by molar-refractivity contribution is 5.80. The van der Waals surface area contributed by atoms with Crippen LogP contribution in [0.25, 0.3) is 22.5 Å². The molecule has 0 spiro atoms. The van der Waals surface area contributed by atoms with Crippen LogP contribution in [-0.2, 0) is 0 Å². The second kappa shape index (κ2) is 4.82. The fraction of sp³-hybridized carbons (Fsp3) is 0.0667. The van der Waals surface area contributed by atoms with Crippen molar-refractivity contribution in [2.45, 2.75) is 6.92 Å².